The first-order valence-electron chi connectivity index (χ1n) is 6.75. The molecule has 96 valence electrons. The quantitative estimate of drug-likeness (QED) is 0.762. The number of rotatable bonds is 1. The SMILES string of the molecule is CC1CCC(O)(C2(C#N)CCCOC2)C(C)C1. The molecule has 0 radical (unpaired) electrons. The van der Waals surface area contributed by atoms with Gasteiger partial charge in [0.2, 0.25) is 0 Å². The summed E-state index contributed by atoms with van der Waals surface area (Å²) < 4.78 is 5.49. The largest absolute Gasteiger partial charge is 0.388 e. The second-order valence-electron chi connectivity index (χ2n) is 6.05. The van der Waals surface area contributed by atoms with E-state index in [0.717, 1.165) is 38.7 Å². The average Bonchev–Trinajstić information content (AvgIpc) is 2.35. The van der Waals surface area contributed by atoms with E-state index in [9.17, 15) is 10.4 Å². The molecule has 2 rings (SSSR count). The third-order valence-electron chi connectivity index (χ3n) is 4.87. The standard InChI is InChI=1S/C14H23NO2/c1-11-4-6-14(16,12(2)8-11)13(9-15)5-3-7-17-10-13/h11-12,16H,3-8,10H2,1-2H3. The Morgan fingerprint density at radius 1 is 1.35 bits per heavy atom. The third kappa shape index (κ3) is 1.98. The van der Waals surface area contributed by atoms with Crippen LogP contribution >= 0.6 is 0 Å². The van der Waals surface area contributed by atoms with Crippen molar-refractivity contribution in [1.29, 1.82) is 5.26 Å². The Morgan fingerprint density at radius 2 is 2.12 bits per heavy atom. The van der Waals surface area contributed by atoms with Gasteiger partial charge in [0.05, 0.1) is 18.3 Å². The monoisotopic (exact) mass is 237 g/mol. The molecule has 0 aromatic heterocycles. The summed E-state index contributed by atoms with van der Waals surface area (Å²) in [5.74, 6) is 0.845. The molecule has 1 aliphatic heterocycles. The first-order chi connectivity index (χ1) is 8.04. The van der Waals surface area contributed by atoms with E-state index in [-0.39, 0.29) is 5.92 Å². The fraction of sp³-hybridized carbons (Fsp3) is 0.929. The van der Waals surface area contributed by atoms with Gasteiger partial charge in [-0.05, 0) is 43.9 Å². The predicted molar refractivity (Wildman–Crippen MR) is 65.2 cm³/mol. The molecule has 1 saturated carbocycles. The minimum absolute atomic E-state index is 0.188. The molecule has 0 spiro atoms. The number of nitrogens with zero attached hydrogens (tertiary/aromatic N) is 1. The summed E-state index contributed by atoms with van der Waals surface area (Å²) >= 11 is 0. The Bertz CT molecular complexity index is 317. The van der Waals surface area contributed by atoms with E-state index >= 15 is 0 Å². The van der Waals surface area contributed by atoms with Crippen molar-refractivity contribution in [2.24, 2.45) is 17.3 Å². The van der Waals surface area contributed by atoms with Gasteiger partial charge in [0.15, 0.2) is 0 Å². The van der Waals surface area contributed by atoms with Crippen LogP contribution in [0.15, 0.2) is 0 Å². The smallest absolute Gasteiger partial charge is 0.109 e. The van der Waals surface area contributed by atoms with Crippen LogP contribution < -0.4 is 0 Å². The molecule has 0 aromatic carbocycles. The molecular formula is C14H23NO2. The summed E-state index contributed by atoms with van der Waals surface area (Å²) in [5.41, 5.74) is -1.53. The minimum atomic E-state index is -0.852. The van der Waals surface area contributed by atoms with Crippen molar-refractivity contribution in [3.63, 3.8) is 0 Å². The zero-order valence-corrected chi connectivity index (χ0v) is 10.9. The molecule has 1 saturated heterocycles. The highest BCUT2D eigenvalue weighted by Gasteiger charge is 2.56. The first kappa shape index (κ1) is 12.9. The predicted octanol–water partition coefficient (Wildman–Crippen LogP) is 2.49. The van der Waals surface area contributed by atoms with Crippen molar-refractivity contribution in [2.75, 3.05) is 13.2 Å². The van der Waals surface area contributed by atoms with E-state index in [1.165, 1.54) is 0 Å². The Morgan fingerprint density at radius 3 is 2.65 bits per heavy atom. The highest BCUT2D eigenvalue weighted by atomic mass is 16.5. The fourth-order valence-electron chi connectivity index (χ4n) is 3.66. The van der Waals surface area contributed by atoms with E-state index in [0.29, 0.717) is 12.5 Å². The maximum absolute atomic E-state index is 11.0. The Hall–Kier alpha value is -0.590. The number of aliphatic hydroxyl groups is 1. The van der Waals surface area contributed by atoms with Crippen LogP contribution in [-0.2, 0) is 4.74 Å². The van der Waals surface area contributed by atoms with Gasteiger partial charge in [0.25, 0.3) is 0 Å². The molecule has 2 fully saturated rings. The third-order valence-corrected chi connectivity index (χ3v) is 4.87. The number of nitriles is 1. The zero-order valence-electron chi connectivity index (χ0n) is 10.9. The summed E-state index contributed by atoms with van der Waals surface area (Å²) in [6, 6.07) is 2.40. The molecular weight excluding hydrogens is 214 g/mol. The van der Waals surface area contributed by atoms with Gasteiger partial charge < -0.3 is 9.84 Å². The van der Waals surface area contributed by atoms with Gasteiger partial charge >= 0.3 is 0 Å². The van der Waals surface area contributed by atoms with Gasteiger partial charge in [-0.1, -0.05) is 13.8 Å². The van der Waals surface area contributed by atoms with Crippen molar-refractivity contribution in [3.05, 3.63) is 0 Å². The zero-order chi connectivity index (χ0) is 12.5. The van der Waals surface area contributed by atoms with Crippen LogP contribution in [0, 0.1) is 28.6 Å². The summed E-state index contributed by atoms with van der Waals surface area (Å²) in [6.07, 6.45) is 4.44. The summed E-state index contributed by atoms with van der Waals surface area (Å²) in [5, 5.41) is 20.6. The number of hydrogen-bond donors (Lipinski definition) is 1. The molecule has 0 amide bonds. The number of hydrogen-bond acceptors (Lipinski definition) is 3. The summed E-state index contributed by atoms with van der Waals surface area (Å²) in [4.78, 5) is 0. The average molecular weight is 237 g/mol. The highest BCUT2D eigenvalue weighted by Crippen LogP contribution is 2.50. The van der Waals surface area contributed by atoms with Gasteiger partial charge in [-0.2, -0.15) is 5.26 Å². The lowest BCUT2D eigenvalue weighted by Gasteiger charge is -2.51. The molecule has 3 nitrogen and oxygen atoms in total. The summed E-state index contributed by atoms with van der Waals surface area (Å²) in [6.45, 7) is 5.44. The topological polar surface area (TPSA) is 53.2 Å². The molecule has 1 aliphatic carbocycles. The molecule has 17 heavy (non-hydrogen) atoms. The van der Waals surface area contributed by atoms with Crippen LogP contribution in [0.2, 0.25) is 0 Å². The maximum Gasteiger partial charge on any atom is 0.109 e. The minimum Gasteiger partial charge on any atom is -0.388 e. The van der Waals surface area contributed by atoms with Crippen molar-refractivity contribution < 1.29 is 9.84 Å². The molecule has 1 heterocycles. The number of ether oxygens (including phenoxy) is 1. The summed E-state index contributed by atoms with van der Waals surface area (Å²) in [7, 11) is 0. The second kappa shape index (κ2) is 4.59. The van der Waals surface area contributed by atoms with Crippen molar-refractivity contribution in [2.45, 2.75) is 51.6 Å². The van der Waals surface area contributed by atoms with Gasteiger partial charge in [-0.15, -0.1) is 0 Å². The molecule has 1 N–H and O–H groups in total. The van der Waals surface area contributed by atoms with Crippen molar-refractivity contribution in [3.8, 4) is 6.07 Å². The van der Waals surface area contributed by atoms with E-state index in [1.54, 1.807) is 0 Å². The molecule has 0 bridgehead atoms. The molecule has 0 aromatic rings. The van der Waals surface area contributed by atoms with Gasteiger partial charge in [-0.3, -0.25) is 0 Å². The molecule has 4 unspecified atom stereocenters. The Kier molecular flexibility index (Phi) is 3.47. The molecule has 2 aliphatic rings. The van der Waals surface area contributed by atoms with Crippen molar-refractivity contribution >= 4 is 0 Å². The van der Waals surface area contributed by atoms with E-state index in [2.05, 4.69) is 19.9 Å². The van der Waals surface area contributed by atoms with Gasteiger partial charge in [0, 0.05) is 6.61 Å². The molecule has 4 atom stereocenters. The van der Waals surface area contributed by atoms with Crippen LogP contribution in [0.3, 0.4) is 0 Å². The van der Waals surface area contributed by atoms with Crippen LogP contribution in [0.25, 0.3) is 0 Å². The van der Waals surface area contributed by atoms with Crippen LogP contribution in [0.5, 0.6) is 0 Å². The fourth-order valence-corrected chi connectivity index (χ4v) is 3.66. The Balaban J connectivity index is 2.26. The van der Waals surface area contributed by atoms with E-state index < -0.39 is 11.0 Å². The first-order valence-corrected chi connectivity index (χ1v) is 6.75. The second-order valence-corrected chi connectivity index (χ2v) is 6.05. The lowest BCUT2D eigenvalue weighted by molar-refractivity contribution is -0.166. The van der Waals surface area contributed by atoms with Gasteiger partial charge in [0.1, 0.15) is 5.41 Å². The normalized spacial score (nSPS) is 47.4. The van der Waals surface area contributed by atoms with Crippen LogP contribution in [0.4, 0.5) is 0 Å². The maximum atomic E-state index is 11.0. The van der Waals surface area contributed by atoms with Crippen molar-refractivity contribution in [1.82, 2.24) is 0 Å². The Labute approximate surface area is 104 Å². The lowest BCUT2D eigenvalue weighted by atomic mass is 9.58. The molecule has 3 heteroatoms. The van der Waals surface area contributed by atoms with Gasteiger partial charge in [-0.25, -0.2) is 0 Å². The van der Waals surface area contributed by atoms with Crippen LogP contribution in [0.1, 0.15) is 46.0 Å². The van der Waals surface area contributed by atoms with E-state index in [1.807, 2.05) is 0 Å². The van der Waals surface area contributed by atoms with Crippen LogP contribution in [-0.4, -0.2) is 23.9 Å². The lowest BCUT2D eigenvalue weighted by Crippen LogP contribution is -2.57. The highest BCUT2D eigenvalue weighted by molar-refractivity contribution is 5.15. The van der Waals surface area contributed by atoms with E-state index in [4.69, 9.17) is 4.74 Å².